The van der Waals surface area contributed by atoms with Crippen molar-refractivity contribution < 1.29 is 9.90 Å². The number of nitrogens with zero attached hydrogens (tertiary/aromatic N) is 2. The van der Waals surface area contributed by atoms with Crippen molar-refractivity contribution >= 4 is 40.7 Å². The highest BCUT2D eigenvalue weighted by Crippen LogP contribution is 2.30. The summed E-state index contributed by atoms with van der Waals surface area (Å²) in [4.78, 5) is 10.4. The van der Waals surface area contributed by atoms with Crippen molar-refractivity contribution in [3.63, 3.8) is 0 Å². The molecular formula is C11H9ClN2O2S2. The number of hydrogen-bond acceptors (Lipinski definition) is 5. The molecule has 0 spiro atoms. The number of thioether (sulfide) groups is 1. The molecule has 2 rings (SSSR count). The van der Waals surface area contributed by atoms with E-state index >= 15 is 0 Å². The van der Waals surface area contributed by atoms with E-state index < -0.39 is 5.97 Å². The van der Waals surface area contributed by atoms with Crippen LogP contribution in [0, 0.1) is 0 Å². The molecule has 1 aromatic heterocycles. The zero-order chi connectivity index (χ0) is 13.0. The number of aliphatic carboxylic acids is 1. The van der Waals surface area contributed by atoms with Gasteiger partial charge in [-0.2, -0.15) is 0 Å². The van der Waals surface area contributed by atoms with Gasteiger partial charge in [0.15, 0.2) is 4.34 Å². The van der Waals surface area contributed by atoms with E-state index in [9.17, 15) is 4.79 Å². The predicted molar refractivity (Wildman–Crippen MR) is 73.3 cm³/mol. The quantitative estimate of drug-likeness (QED) is 0.857. The summed E-state index contributed by atoms with van der Waals surface area (Å²) in [5.41, 5.74) is 0.921. The monoisotopic (exact) mass is 300 g/mol. The van der Waals surface area contributed by atoms with Crippen molar-refractivity contribution in [2.75, 3.05) is 5.75 Å². The van der Waals surface area contributed by atoms with E-state index in [4.69, 9.17) is 16.7 Å². The van der Waals surface area contributed by atoms with E-state index in [0.29, 0.717) is 10.8 Å². The fourth-order valence-electron chi connectivity index (χ4n) is 1.23. The van der Waals surface area contributed by atoms with Gasteiger partial charge in [0, 0.05) is 16.3 Å². The van der Waals surface area contributed by atoms with Gasteiger partial charge in [0.1, 0.15) is 5.01 Å². The average Bonchev–Trinajstić information content (AvgIpc) is 2.77. The number of aromatic nitrogens is 2. The third-order valence-corrected chi connectivity index (χ3v) is 4.36. The minimum Gasteiger partial charge on any atom is -0.481 e. The molecule has 0 radical (unpaired) electrons. The highest BCUT2D eigenvalue weighted by molar-refractivity contribution is 8.01. The molecule has 94 valence electrons. The Labute approximate surface area is 117 Å². The van der Waals surface area contributed by atoms with Crippen molar-refractivity contribution in [1.29, 1.82) is 0 Å². The van der Waals surface area contributed by atoms with Crippen LogP contribution in [0.1, 0.15) is 6.42 Å². The third-order valence-electron chi connectivity index (χ3n) is 2.02. The summed E-state index contributed by atoms with van der Waals surface area (Å²) in [6.07, 6.45) is 0.122. The molecule has 0 saturated carbocycles. The first-order valence-corrected chi connectivity index (χ1v) is 7.27. The number of rotatable bonds is 5. The van der Waals surface area contributed by atoms with Gasteiger partial charge in [0.2, 0.25) is 0 Å². The topological polar surface area (TPSA) is 63.1 Å². The first kappa shape index (κ1) is 13.3. The molecule has 2 aromatic rings. The SMILES string of the molecule is O=C(O)CCSc1nnc(-c2cccc(Cl)c2)s1. The van der Waals surface area contributed by atoms with E-state index in [1.54, 1.807) is 6.07 Å². The Balaban J connectivity index is 2.04. The molecule has 1 N–H and O–H groups in total. The molecule has 0 aliphatic heterocycles. The Kier molecular flexibility index (Phi) is 4.57. The van der Waals surface area contributed by atoms with E-state index in [-0.39, 0.29) is 6.42 Å². The normalized spacial score (nSPS) is 10.5. The minimum atomic E-state index is -0.804. The van der Waals surface area contributed by atoms with Gasteiger partial charge in [-0.3, -0.25) is 4.79 Å². The summed E-state index contributed by atoms with van der Waals surface area (Å²) in [5, 5.41) is 18.1. The summed E-state index contributed by atoms with van der Waals surface area (Å²) >= 11 is 8.74. The van der Waals surface area contributed by atoms with Crippen molar-refractivity contribution in [3.8, 4) is 10.6 Å². The lowest BCUT2D eigenvalue weighted by atomic mass is 10.2. The van der Waals surface area contributed by atoms with Gasteiger partial charge in [-0.05, 0) is 12.1 Å². The average molecular weight is 301 g/mol. The molecule has 0 fully saturated rings. The predicted octanol–water partition coefficient (Wildman–Crippen LogP) is 3.43. The molecule has 0 bridgehead atoms. The fraction of sp³-hybridized carbons (Fsp3) is 0.182. The standard InChI is InChI=1S/C11H9ClN2O2S2/c12-8-3-1-2-7(6-8)10-13-14-11(18-10)17-5-4-9(15)16/h1-3,6H,4-5H2,(H,15,16). The van der Waals surface area contributed by atoms with Crippen LogP contribution >= 0.6 is 34.7 Å². The molecule has 4 nitrogen and oxygen atoms in total. The first-order valence-electron chi connectivity index (χ1n) is 5.09. The second kappa shape index (κ2) is 6.17. The molecule has 7 heteroatoms. The second-order valence-electron chi connectivity index (χ2n) is 3.38. The Bertz CT molecular complexity index is 559. The van der Waals surface area contributed by atoms with Crippen LogP contribution in [0.3, 0.4) is 0 Å². The van der Waals surface area contributed by atoms with E-state index in [0.717, 1.165) is 14.9 Å². The molecule has 0 amide bonds. The summed E-state index contributed by atoms with van der Waals surface area (Å²) in [5.74, 6) is -0.304. The number of carboxylic acid groups (broad SMARTS) is 1. The van der Waals surface area contributed by atoms with Crippen molar-refractivity contribution in [3.05, 3.63) is 29.3 Å². The van der Waals surface area contributed by atoms with Crippen LogP contribution in [-0.4, -0.2) is 27.0 Å². The molecule has 18 heavy (non-hydrogen) atoms. The number of carboxylic acids is 1. The maximum absolute atomic E-state index is 10.4. The Morgan fingerprint density at radius 1 is 1.44 bits per heavy atom. The van der Waals surface area contributed by atoms with Crippen LogP contribution in [0.5, 0.6) is 0 Å². The van der Waals surface area contributed by atoms with Crippen LogP contribution in [0.4, 0.5) is 0 Å². The first-order chi connectivity index (χ1) is 8.65. The van der Waals surface area contributed by atoms with Gasteiger partial charge < -0.3 is 5.11 Å². The zero-order valence-electron chi connectivity index (χ0n) is 9.17. The fourth-order valence-corrected chi connectivity index (χ4v) is 3.27. The molecule has 0 atom stereocenters. The van der Waals surface area contributed by atoms with Gasteiger partial charge >= 0.3 is 5.97 Å². The lowest BCUT2D eigenvalue weighted by Gasteiger charge is -1.95. The molecule has 1 aromatic carbocycles. The van der Waals surface area contributed by atoms with E-state index in [1.165, 1.54) is 23.1 Å². The molecule has 0 aliphatic carbocycles. The maximum Gasteiger partial charge on any atom is 0.304 e. The minimum absolute atomic E-state index is 0.122. The maximum atomic E-state index is 10.4. The molecule has 0 aliphatic rings. The van der Waals surface area contributed by atoms with E-state index in [2.05, 4.69) is 10.2 Å². The lowest BCUT2D eigenvalue weighted by Crippen LogP contribution is -1.95. The van der Waals surface area contributed by atoms with Crippen molar-refractivity contribution in [1.82, 2.24) is 10.2 Å². The molecule has 1 heterocycles. The zero-order valence-corrected chi connectivity index (χ0v) is 11.6. The molecule has 0 unspecified atom stereocenters. The van der Waals surface area contributed by atoms with Crippen LogP contribution in [0.15, 0.2) is 28.6 Å². The van der Waals surface area contributed by atoms with Crippen LogP contribution in [0.2, 0.25) is 5.02 Å². The van der Waals surface area contributed by atoms with Crippen LogP contribution < -0.4 is 0 Å². The van der Waals surface area contributed by atoms with E-state index in [1.807, 2.05) is 18.2 Å². The highest BCUT2D eigenvalue weighted by atomic mass is 35.5. The highest BCUT2D eigenvalue weighted by Gasteiger charge is 2.08. The van der Waals surface area contributed by atoms with Gasteiger partial charge in [-0.15, -0.1) is 10.2 Å². The third kappa shape index (κ3) is 3.69. The second-order valence-corrected chi connectivity index (χ2v) is 6.13. The molecule has 0 saturated heterocycles. The Morgan fingerprint density at radius 2 is 2.28 bits per heavy atom. The summed E-state index contributed by atoms with van der Waals surface area (Å²) in [7, 11) is 0. The summed E-state index contributed by atoms with van der Waals surface area (Å²) < 4.78 is 0.770. The van der Waals surface area contributed by atoms with Crippen LogP contribution in [0.25, 0.3) is 10.6 Å². The van der Waals surface area contributed by atoms with Crippen molar-refractivity contribution in [2.45, 2.75) is 10.8 Å². The number of carbonyl (C=O) groups is 1. The summed E-state index contributed by atoms with van der Waals surface area (Å²) in [6.45, 7) is 0. The van der Waals surface area contributed by atoms with Crippen molar-refractivity contribution in [2.24, 2.45) is 0 Å². The van der Waals surface area contributed by atoms with Gasteiger partial charge in [-0.1, -0.05) is 46.8 Å². The number of benzene rings is 1. The molecular weight excluding hydrogens is 292 g/mol. The van der Waals surface area contributed by atoms with Crippen LogP contribution in [-0.2, 0) is 4.79 Å². The lowest BCUT2D eigenvalue weighted by molar-refractivity contribution is -0.136. The number of halogens is 1. The largest absolute Gasteiger partial charge is 0.481 e. The smallest absolute Gasteiger partial charge is 0.304 e. The summed E-state index contributed by atoms with van der Waals surface area (Å²) in [6, 6.07) is 7.40. The Hall–Kier alpha value is -1.11. The van der Waals surface area contributed by atoms with Gasteiger partial charge in [0.25, 0.3) is 0 Å². The van der Waals surface area contributed by atoms with Gasteiger partial charge in [-0.25, -0.2) is 0 Å². The Morgan fingerprint density at radius 3 is 3.00 bits per heavy atom. The number of hydrogen-bond donors (Lipinski definition) is 1. The van der Waals surface area contributed by atoms with Gasteiger partial charge in [0.05, 0.1) is 6.42 Å².